The molecule has 2 aromatic rings. The van der Waals surface area contributed by atoms with Crippen LogP contribution >= 0.6 is 0 Å². The van der Waals surface area contributed by atoms with Crippen molar-refractivity contribution in [3.8, 4) is 0 Å². The van der Waals surface area contributed by atoms with Gasteiger partial charge in [-0.2, -0.15) is 0 Å². The number of H-pyrrole nitrogens is 1. The Balaban J connectivity index is 2.39. The van der Waals surface area contributed by atoms with E-state index in [9.17, 15) is 9.18 Å². The Hall–Kier alpha value is -1.84. The number of rotatable bonds is 3. The van der Waals surface area contributed by atoms with Crippen LogP contribution in [0.25, 0.3) is 10.9 Å². The maximum absolute atomic E-state index is 13.4. The molecule has 0 radical (unpaired) electrons. The van der Waals surface area contributed by atoms with Crippen molar-refractivity contribution in [3.05, 3.63) is 35.8 Å². The van der Waals surface area contributed by atoms with Gasteiger partial charge >= 0.3 is 5.97 Å². The molecule has 2 N–H and O–H groups in total. The van der Waals surface area contributed by atoms with Gasteiger partial charge in [-0.15, -0.1) is 0 Å². The summed E-state index contributed by atoms with van der Waals surface area (Å²) in [5.74, 6) is -1.19. The largest absolute Gasteiger partial charge is 0.481 e. The van der Waals surface area contributed by atoms with E-state index in [1.54, 1.807) is 18.3 Å². The third kappa shape index (κ3) is 1.83. The van der Waals surface area contributed by atoms with Crippen LogP contribution in [0.1, 0.15) is 12.0 Å². The van der Waals surface area contributed by atoms with E-state index in [1.165, 1.54) is 6.07 Å². The molecule has 0 bridgehead atoms. The lowest BCUT2D eigenvalue weighted by atomic mass is 10.1. The summed E-state index contributed by atoms with van der Waals surface area (Å²) in [6, 6.07) is 4.76. The first-order valence-electron chi connectivity index (χ1n) is 4.65. The number of aromatic amines is 1. The second kappa shape index (κ2) is 3.73. The highest BCUT2D eigenvalue weighted by Gasteiger charge is 2.09. The minimum absolute atomic E-state index is 0.0152. The number of aliphatic carboxylic acids is 1. The number of halogens is 1. The number of carboxylic acid groups (broad SMARTS) is 1. The van der Waals surface area contributed by atoms with Crippen molar-refractivity contribution in [2.24, 2.45) is 0 Å². The molecule has 0 aliphatic rings. The van der Waals surface area contributed by atoms with Gasteiger partial charge in [0, 0.05) is 23.5 Å². The van der Waals surface area contributed by atoms with Gasteiger partial charge in [-0.05, 0) is 24.1 Å². The first kappa shape index (κ1) is 9.71. The van der Waals surface area contributed by atoms with E-state index in [4.69, 9.17) is 5.11 Å². The lowest BCUT2D eigenvalue weighted by molar-refractivity contribution is -0.136. The van der Waals surface area contributed by atoms with Gasteiger partial charge in [0.15, 0.2) is 0 Å². The standard InChI is InChI=1S/C11H10FNO2/c12-8-2-1-3-9-11(8)7(6-13-9)4-5-10(14)15/h1-3,6,13H,4-5H2,(H,14,15). The van der Waals surface area contributed by atoms with E-state index in [2.05, 4.69) is 4.98 Å². The number of aryl methyl sites for hydroxylation is 1. The minimum atomic E-state index is -0.874. The summed E-state index contributed by atoms with van der Waals surface area (Å²) in [4.78, 5) is 13.3. The van der Waals surface area contributed by atoms with Gasteiger partial charge < -0.3 is 10.1 Å². The summed E-state index contributed by atoms with van der Waals surface area (Å²) in [5.41, 5.74) is 1.42. The Morgan fingerprint density at radius 2 is 2.27 bits per heavy atom. The predicted molar refractivity (Wildman–Crippen MR) is 54.2 cm³/mol. The summed E-state index contributed by atoms with van der Waals surface area (Å²) in [5, 5.41) is 9.05. The molecule has 0 aliphatic heterocycles. The van der Waals surface area contributed by atoms with Gasteiger partial charge in [-0.25, -0.2) is 4.39 Å². The summed E-state index contributed by atoms with van der Waals surface area (Å²) < 4.78 is 13.4. The van der Waals surface area contributed by atoms with E-state index in [0.717, 1.165) is 0 Å². The molecular weight excluding hydrogens is 197 g/mol. The molecule has 1 aromatic carbocycles. The van der Waals surface area contributed by atoms with Crippen molar-refractivity contribution in [1.82, 2.24) is 4.98 Å². The number of benzene rings is 1. The topological polar surface area (TPSA) is 53.1 Å². The first-order valence-corrected chi connectivity index (χ1v) is 4.65. The molecule has 4 heteroatoms. The minimum Gasteiger partial charge on any atom is -0.481 e. The fourth-order valence-electron chi connectivity index (χ4n) is 1.65. The normalized spacial score (nSPS) is 10.7. The van der Waals surface area contributed by atoms with Crippen LogP contribution in [0.2, 0.25) is 0 Å². The molecule has 2 rings (SSSR count). The molecule has 0 unspecified atom stereocenters. The van der Waals surface area contributed by atoms with Crippen LogP contribution in [0.4, 0.5) is 4.39 Å². The average molecular weight is 207 g/mol. The molecule has 0 saturated heterocycles. The molecule has 0 spiro atoms. The number of nitrogens with one attached hydrogen (secondary N) is 1. The summed E-state index contributed by atoms with van der Waals surface area (Å²) >= 11 is 0. The van der Waals surface area contributed by atoms with E-state index >= 15 is 0 Å². The fraction of sp³-hybridized carbons (Fsp3) is 0.182. The fourth-order valence-corrected chi connectivity index (χ4v) is 1.65. The van der Waals surface area contributed by atoms with Gasteiger partial charge in [-0.1, -0.05) is 6.07 Å². The highest BCUT2D eigenvalue weighted by Crippen LogP contribution is 2.22. The Labute approximate surface area is 85.5 Å². The van der Waals surface area contributed by atoms with Gasteiger partial charge in [0.2, 0.25) is 0 Å². The Morgan fingerprint density at radius 3 is 3.00 bits per heavy atom. The smallest absolute Gasteiger partial charge is 0.303 e. The molecule has 0 fully saturated rings. The molecule has 15 heavy (non-hydrogen) atoms. The molecule has 3 nitrogen and oxygen atoms in total. The zero-order chi connectivity index (χ0) is 10.8. The number of hydrogen-bond donors (Lipinski definition) is 2. The van der Waals surface area contributed by atoms with Crippen molar-refractivity contribution >= 4 is 16.9 Å². The van der Waals surface area contributed by atoms with Gasteiger partial charge in [0.1, 0.15) is 5.82 Å². The van der Waals surface area contributed by atoms with Crippen molar-refractivity contribution < 1.29 is 14.3 Å². The highest BCUT2D eigenvalue weighted by atomic mass is 19.1. The summed E-state index contributed by atoms with van der Waals surface area (Å²) in [6.45, 7) is 0. The quantitative estimate of drug-likeness (QED) is 0.811. The van der Waals surface area contributed by atoms with E-state index in [-0.39, 0.29) is 12.2 Å². The zero-order valence-corrected chi connectivity index (χ0v) is 7.96. The average Bonchev–Trinajstić information content (AvgIpc) is 2.59. The molecule has 78 valence electrons. The van der Waals surface area contributed by atoms with Crippen LogP contribution in [-0.4, -0.2) is 16.1 Å². The SMILES string of the molecule is O=C(O)CCc1c[nH]c2cccc(F)c12. The van der Waals surface area contributed by atoms with Gasteiger partial charge in [0.25, 0.3) is 0 Å². The van der Waals surface area contributed by atoms with Crippen LogP contribution in [0.5, 0.6) is 0 Å². The monoisotopic (exact) mass is 207 g/mol. The van der Waals surface area contributed by atoms with Gasteiger partial charge in [-0.3, -0.25) is 4.79 Å². The Morgan fingerprint density at radius 1 is 1.47 bits per heavy atom. The third-order valence-corrected chi connectivity index (χ3v) is 2.34. The van der Waals surface area contributed by atoms with E-state index < -0.39 is 5.97 Å². The van der Waals surface area contributed by atoms with Crippen LogP contribution < -0.4 is 0 Å². The number of carbonyl (C=O) groups is 1. The summed E-state index contributed by atoms with van der Waals surface area (Å²) in [7, 11) is 0. The van der Waals surface area contributed by atoms with Crippen molar-refractivity contribution in [1.29, 1.82) is 0 Å². The highest BCUT2D eigenvalue weighted by molar-refractivity contribution is 5.84. The number of hydrogen-bond acceptors (Lipinski definition) is 1. The third-order valence-electron chi connectivity index (χ3n) is 2.34. The van der Waals surface area contributed by atoms with Gasteiger partial charge in [0.05, 0.1) is 0 Å². The van der Waals surface area contributed by atoms with Crippen LogP contribution in [0.3, 0.4) is 0 Å². The van der Waals surface area contributed by atoms with E-state index in [1.807, 2.05) is 0 Å². The second-order valence-corrected chi connectivity index (χ2v) is 3.37. The maximum Gasteiger partial charge on any atom is 0.303 e. The first-order chi connectivity index (χ1) is 7.18. The molecule has 0 saturated carbocycles. The maximum atomic E-state index is 13.4. The second-order valence-electron chi connectivity index (χ2n) is 3.37. The van der Waals surface area contributed by atoms with Crippen LogP contribution in [0, 0.1) is 5.82 Å². The van der Waals surface area contributed by atoms with Crippen molar-refractivity contribution in [3.63, 3.8) is 0 Å². The van der Waals surface area contributed by atoms with Crippen LogP contribution in [-0.2, 0) is 11.2 Å². The number of fused-ring (bicyclic) bond motifs is 1. The molecule has 0 amide bonds. The molecule has 0 atom stereocenters. The summed E-state index contributed by atoms with van der Waals surface area (Å²) in [6.07, 6.45) is 2.02. The van der Waals surface area contributed by atoms with Crippen LogP contribution in [0.15, 0.2) is 24.4 Å². The molecular formula is C11H10FNO2. The predicted octanol–water partition coefficient (Wildman–Crippen LogP) is 2.32. The Bertz CT molecular complexity index is 504. The molecule has 0 aliphatic carbocycles. The number of aromatic nitrogens is 1. The number of carboxylic acids is 1. The van der Waals surface area contributed by atoms with Crippen molar-refractivity contribution in [2.75, 3.05) is 0 Å². The van der Waals surface area contributed by atoms with E-state index in [0.29, 0.717) is 22.9 Å². The molecule has 1 aromatic heterocycles. The van der Waals surface area contributed by atoms with Crippen molar-refractivity contribution in [2.45, 2.75) is 12.8 Å². The molecule has 1 heterocycles. The lowest BCUT2D eigenvalue weighted by Crippen LogP contribution is -1.97. The zero-order valence-electron chi connectivity index (χ0n) is 7.96. The lowest BCUT2D eigenvalue weighted by Gasteiger charge is -1.97. The Kier molecular flexibility index (Phi) is 2.41.